The average molecular weight is 233 g/mol. The van der Waals surface area contributed by atoms with Crippen LogP contribution >= 0.6 is 0 Å². The Morgan fingerprint density at radius 3 is 2.88 bits per heavy atom. The van der Waals surface area contributed by atoms with Gasteiger partial charge in [0.2, 0.25) is 0 Å². The lowest BCUT2D eigenvalue weighted by Crippen LogP contribution is -2.25. The minimum absolute atomic E-state index is 0.570. The third-order valence-electron chi connectivity index (χ3n) is 2.90. The predicted molar refractivity (Wildman–Crippen MR) is 74.1 cm³/mol. The molecule has 0 aromatic carbocycles. The molecular weight excluding hydrogens is 210 g/mol. The lowest BCUT2D eigenvalue weighted by molar-refractivity contribution is 0.362. The molecule has 0 bridgehead atoms. The predicted octanol–water partition coefficient (Wildman–Crippen LogP) is 3.65. The average Bonchev–Trinajstić information content (AvgIpc) is 2.35. The molecule has 1 aliphatic rings. The zero-order valence-electron chi connectivity index (χ0n) is 10.5. The van der Waals surface area contributed by atoms with Crippen molar-refractivity contribution in [3.05, 3.63) is 48.3 Å². The van der Waals surface area contributed by atoms with E-state index in [4.69, 9.17) is 0 Å². The van der Waals surface area contributed by atoms with Crippen LogP contribution in [0, 0.1) is 0 Å². The maximum Gasteiger partial charge on any atom is 0.105 e. The quantitative estimate of drug-likeness (QED) is 0.519. The van der Waals surface area contributed by atoms with Gasteiger partial charge in [0.1, 0.15) is 5.76 Å². The summed E-state index contributed by atoms with van der Waals surface area (Å²) in [5.41, 5.74) is 1.25. The van der Waals surface area contributed by atoms with Gasteiger partial charge in [0, 0.05) is 0 Å². The molecule has 1 aliphatic heterocycles. The number of unbranched alkanes of at least 4 members (excludes halogenated alkanes) is 2. The first-order valence-electron chi connectivity index (χ1n) is 6.39. The van der Waals surface area contributed by atoms with Crippen LogP contribution in [-0.2, 0) is 0 Å². The summed E-state index contributed by atoms with van der Waals surface area (Å²) in [6.45, 7) is 5.27. The fraction of sp³-hybridized carbons (Fsp3) is 0.467. The number of aliphatic hydroxyl groups is 1. The molecule has 17 heavy (non-hydrogen) atoms. The van der Waals surface area contributed by atoms with Crippen molar-refractivity contribution in [1.82, 2.24) is 5.32 Å². The molecule has 94 valence electrons. The Hall–Kier alpha value is -1.28. The van der Waals surface area contributed by atoms with E-state index in [1.54, 1.807) is 6.08 Å². The number of hydrogen-bond donors (Lipinski definition) is 2. The molecule has 1 rings (SSSR count). The fourth-order valence-electron chi connectivity index (χ4n) is 1.90. The van der Waals surface area contributed by atoms with E-state index >= 15 is 0 Å². The SMILES string of the molecule is C=C/C=C\C=C/CCCCC1=C(O)CNCC1. The van der Waals surface area contributed by atoms with Gasteiger partial charge in [0.15, 0.2) is 0 Å². The van der Waals surface area contributed by atoms with Crippen LogP contribution in [0.1, 0.15) is 32.1 Å². The second kappa shape index (κ2) is 8.82. The number of allylic oxidation sites excluding steroid dienone is 5. The van der Waals surface area contributed by atoms with Crippen molar-refractivity contribution in [3.63, 3.8) is 0 Å². The van der Waals surface area contributed by atoms with E-state index in [0.29, 0.717) is 12.3 Å². The van der Waals surface area contributed by atoms with Crippen LogP contribution in [0.4, 0.5) is 0 Å². The van der Waals surface area contributed by atoms with Crippen molar-refractivity contribution >= 4 is 0 Å². The first-order chi connectivity index (χ1) is 8.34. The Bertz CT molecular complexity index is 313. The summed E-state index contributed by atoms with van der Waals surface area (Å²) >= 11 is 0. The van der Waals surface area contributed by atoms with Crippen molar-refractivity contribution in [1.29, 1.82) is 0 Å². The largest absolute Gasteiger partial charge is 0.511 e. The molecule has 0 aromatic heterocycles. The Balaban J connectivity index is 2.09. The van der Waals surface area contributed by atoms with Gasteiger partial charge < -0.3 is 10.4 Å². The number of nitrogens with one attached hydrogen (secondary N) is 1. The van der Waals surface area contributed by atoms with Gasteiger partial charge in [-0.15, -0.1) is 0 Å². The highest BCUT2D eigenvalue weighted by Gasteiger charge is 2.09. The third kappa shape index (κ3) is 6.12. The lowest BCUT2D eigenvalue weighted by atomic mass is 10.0. The highest BCUT2D eigenvalue weighted by atomic mass is 16.3. The molecule has 0 fully saturated rings. The summed E-state index contributed by atoms with van der Waals surface area (Å²) < 4.78 is 0. The molecule has 0 aromatic rings. The zero-order valence-corrected chi connectivity index (χ0v) is 10.5. The highest BCUT2D eigenvalue weighted by molar-refractivity contribution is 5.12. The molecular formula is C15H23NO. The van der Waals surface area contributed by atoms with Crippen molar-refractivity contribution in [3.8, 4) is 0 Å². The zero-order chi connectivity index (χ0) is 12.3. The van der Waals surface area contributed by atoms with E-state index < -0.39 is 0 Å². The van der Waals surface area contributed by atoms with Crippen molar-refractivity contribution in [2.45, 2.75) is 32.1 Å². The van der Waals surface area contributed by atoms with Crippen molar-refractivity contribution in [2.75, 3.05) is 13.1 Å². The second-order valence-electron chi connectivity index (χ2n) is 4.27. The maximum absolute atomic E-state index is 9.65. The molecule has 0 saturated heterocycles. The molecule has 0 unspecified atom stereocenters. The molecule has 2 heteroatoms. The number of hydrogen-bond acceptors (Lipinski definition) is 2. The Labute approximate surface area is 104 Å². The van der Waals surface area contributed by atoms with Gasteiger partial charge in [-0.2, -0.15) is 0 Å². The summed E-state index contributed by atoms with van der Waals surface area (Å²) in [6.07, 6.45) is 15.4. The third-order valence-corrected chi connectivity index (χ3v) is 2.90. The molecule has 0 radical (unpaired) electrons. The van der Waals surface area contributed by atoms with E-state index in [2.05, 4.69) is 24.0 Å². The monoisotopic (exact) mass is 233 g/mol. The van der Waals surface area contributed by atoms with E-state index in [1.807, 2.05) is 12.2 Å². The lowest BCUT2D eigenvalue weighted by Gasteiger charge is -2.16. The van der Waals surface area contributed by atoms with E-state index in [9.17, 15) is 5.11 Å². The van der Waals surface area contributed by atoms with E-state index in [0.717, 1.165) is 32.2 Å². The van der Waals surface area contributed by atoms with Crippen molar-refractivity contribution < 1.29 is 5.11 Å². The molecule has 0 saturated carbocycles. The summed E-state index contributed by atoms with van der Waals surface area (Å²) in [4.78, 5) is 0. The molecule has 0 aliphatic carbocycles. The molecule has 2 nitrogen and oxygen atoms in total. The molecule has 2 N–H and O–H groups in total. The van der Waals surface area contributed by atoms with Gasteiger partial charge in [-0.25, -0.2) is 0 Å². The molecule has 0 amide bonds. The van der Waals surface area contributed by atoms with Crippen LogP contribution < -0.4 is 5.32 Å². The van der Waals surface area contributed by atoms with Gasteiger partial charge in [0.05, 0.1) is 6.54 Å². The standard InChI is InChI=1S/C15H23NO/c1-2-3-4-5-6-7-8-9-10-14-11-12-16-13-15(14)17/h2-6,16-17H,1,7-13H2/b4-3-,6-5-. The van der Waals surface area contributed by atoms with Crippen LogP contribution in [0.15, 0.2) is 48.3 Å². The topological polar surface area (TPSA) is 32.3 Å². The number of rotatable bonds is 7. The molecule has 1 heterocycles. The van der Waals surface area contributed by atoms with Crippen LogP contribution in [0.3, 0.4) is 0 Å². The van der Waals surface area contributed by atoms with E-state index in [-0.39, 0.29) is 0 Å². The minimum atomic E-state index is 0.570. The Kier molecular flexibility index (Phi) is 7.15. The van der Waals surface area contributed by atoms with Crippen LogP contribution in [0.25, 0.3) is 0 Å². The molecule has 0 spiro atoms. The Morgan fingerprint density at radius 2 is 2.12 bits per heavy atom. The smallest absolute Gasteiger partial charge is 0.105 e. The van der Waals surface area contributed by atoms with E-state index in [1.165, 1.54) is 12.0 Å². The summed E-state index contributed by atoms with van der Waals surface area (Å²) in [7, 11) is 0. The van der Waals surface area contributed by atoms with Crippen LogP contribution in [0.5, 0.6) is 0 Å². The van der Waals surface area contributed by atoms with Crippen LogP contribution in [0.2, 0.25) is 0 Å². The minimum Gasteiger partial charge on any atom is -0.511 e. The molecule has 0 atom stereocenters. The summed E-state index contributed by atoms with van der Waals surface area (Å²) in [5.74, 6) is 0.570. The fourth-order valence-corrected chi connectivity index (χ4v) is 1.90. The van der Waals surface area contributed by atoms with Crippen molar-refractivity contribution in [2.24, 2.45) is 0 Å². The summed E-state index contributed by atoms with van der Waals surface area (Å²) in [5, 5.41) is 12.8. The van der Waals surface area contributed by atoms with Gasteiger partial charge >= 0.3 is 0 Å². The number of aliphatic hydroxyl groups excluding tert-OH is 1. The van der Waals surface area contributed by atoms with Gasteiger partial charge in [-0.05, 0) is 44.2 Å². The second-order valence-corrected chi connectivity index (χ2v) is 4.27. The highest BCUT2D eigenvalue weighted by Crippen LogP contribution is 2.17. The normalized spacial score (nSPS) is 17.2. The first kappa shape index (κ1) is 13.8. The summed E-state index contributed by atoms with van der Waals surface area (Å²) in [6, 6.07) is 0. The van der Waals surface area contributed by atoms with Gasteiger partial charge in [-0.3, -0.25) is 0 Å². The Morgan fingerprint density at radius 1 is 1.24 bits per heavy atom. The first-order valence-corrected chi connectivity index (χ1v) is 6.39. The van der Waals surface area contributed by atoms with Crippen LogP contribution in [-0.4, -0.2) is 18.2 Å². The van der Waals surface area contributed by atoms with Gasteiger partial charge in [-0.1, -0.05) is 37.0 Å². The maximum atomic E-state index is 9.65. The van der Waals surface area contributed by atoms with Gasteiger partial charge in [0.25, 0.3) is 0 Å².